The van der Waals surface area contributed by atoms with Crippen molar-refractivity contribution in [3.8, 4) is 0 Å². The lowest BCUT2D eigenvalue weighted by Crippen LogP contribution is -2.52. The fourth-order valence-electron chi connectivity index (χ4n) is 2.52. The molecule has 1 aliphatic rings. The van der Waals surface area contributed by atoms with Crippen molar-refractivity contribution in [2.24, 2.45) is 11.1 Å². The molecule has 1 unspecified atom stereocenters. The highest BCUT2D eigenvalue weighted by Crippen LogP contribution is 2.30. The summed E-state index contributed by atoms with van der Waals surface area (Å²) in [7, 11) is 0. The van der Waals surface area contributed by atoms with Crippen LogP contribution in [0.2, 0.25) is 0 Å². The molecule has 1 fully saturated rings. The second-order valence-electron chi connectivity index (χ2n) is 5.92. The predicted molar refractivity (Wildman–Crippen MR) is 74.7 cm³/mol. The highest BCUT2D eigenvalue weighted by molar-refractivity contribution is 5.41. The van der Waals surface area contributed by atoms with Crippen LogP contribution in [0, 0.1) is 12.3 Å². The highest BCUT2D eigenvalue weighted by atomic mass is 15.2. The molecule has 1 saturated heterocycles. The number of aryl methyl sites for hydroxylation is 2. The van der Waals surface area contributed by atoms with E-state index in [4.69, 9.17) is 5.73 Å². The topological polar surface area (TPSA) is 55.0 Å². The molecule has 4 nitrogen and oxygen atoms in total. The van der Waals surface area contributed by atoms with E-state index in [1.807, 2.05) is 6.92 Å². The standard InChI is InChI=1S/C14H24N4/c1-5-11-8-13(17-10(2)16-11)18-7-6-12(15)14(3,4)9-18/h8,12H,5-7,9,15H2,1-4H3. The van der Waals surface area contributed by atoms with E-state index in [1.165, 1.54) is 0 Å². The third-order valence-electron chi connectivity index (χ3n) is 3.88. The predicted octanol–water partition coefficient (Wildman–Crippen LogP) is 1.91. The largest absolute Gasteiger partial charge is 0.356 e. The van der Waals surface area contributed by atoms with E-state index >= 15 is 0 Å². The summed E-state index contributed by atoms with van der Waals surface area (Å²) >= 11 is 0. The summed E-state index contributed by atoms with van der Waals surface area (Å²) in [6.07, 6.45) is 1.98. The number of anilines is 1. The lowest BCUT2D eigenvalue weighted by Gasteiger charge is -2.43. The number of piperidine rings is 1. The van der Waals surface area contributed by atoms with Gasteiger partial charge in [0.25, 0.3) is 0 Å². The van der Waals surface area contributed by atoms with E-state index in [9.17, 15) is 0 Å². The fourth-order valence-corrected chi connectivity index (χ4v) is 2.52. The third-order valence-corrected chi connectivity index (χ3v) is 3.88. The van der Waals surface area contributed by atoms with Gasteiger partial charge >= 0.3 is 0 Å². The van der Waals surface area contributed by atoms with Gasteiger partial charge < -0.3 is 10.6 Å². The van der Waals surface area contributed by atoms with Crippen LogP contribution < -0.4 is 10.6 Å². The highest BCUT2D eigenvalue weighted by Gasteiger charge is 2.34. The summed E-state index contributed by atoms with van der Waals surface area (Å²) in [5.74, 6) is 1.91. The minimum absolute atomic E-state index is 0.142. The SMILES string of the molecule is CCc1cc(N2CCC(N)C(C)(C)C2)nc(C)n1. The van der Waals surface area contributed by atoms with Crippen molar-refractivity contribution >= 4 is 5.82 Å². The quantitative estimate of drug-likeness (QED) is 0.868. The smallest absolute Gasteiger partial charge is 0.132 e. The molecule has 0 radical (unpaired) electrons. The molecule has 0 aliphatic carbocycles. The number of hydrogen-bond acceptors (Lipinski definition) is 4. The summed E-state index contributed by atoms with van der Waals surface area (Å²) in [4.78, 5) is 11.4. The first kappa shape index (κ1) is 13.3. The van der Waals surface area contributed by atoms with Gasteiger partial charge in [-0.15, -0.1) is 0 Å². The van der Waals surface area contributed by atoms with Crippen molar-refractivity contribution in [2.75, 3.05) is 18.0 Å². The zero-order chi connectivity index (χ0) is 13.3. The molecule has 2 N–H and O–H groups in total. The first-order valence-corrected chi connectivity index (χ1v) is 6.77. The second-order valence-corrected chi connectivity index (χ2v) is 5.92. The van der Waals surface area contributed by atoms with Crippen molar-refractivity contribution in [1.29, 1.82) is 0 Å². The third kappa shape index (κ3) is 2.64. The molecule has 1 aromatic heterocycles. The van der Waals surface area contributed by atoms with Gasteiger partial charge in [-0.2, -0.15) is 0 Å². The summed E-state index contributed by atoms with van der Waals surface area (Å²) in [5, 5.41) is 0. The van der Waals surface area contributed by atoms with Gasteiger partial charge in [0.2, 0.25) is 0 Å². The van der Waals surface area contributed by atoms with E-state index in [0.717, 1.165) is 43.3 Å². The van der Waals surface area contributed by atoms with E-state index < -0.39 is 0 Å². The maximum absolute atomic E-state index is 6.18. The van der Waals surface area contributed by atoms with E-state index in [0.29, 0.717) is 0 Å². The van der Waals surface area contributed by atoms with Gasteiger partial charge in [-0.05, 0) is 25.2 Å². The van der Waals surface area contributed by atoms with Gasteiger partial charge in [-0.1, -0.05) is 20.8 Å². The minimum Gasteiger partial charge on any atom is -0.356 e. The van der Waals surface area contributed by atoms with Crippen LogP contribution in [0.1, 0.15) is 38.7 Å². The van der Waals surface area contributed by atoms with Crippen LogP contribution in [0.5, 0.6) is 0 Å². The Labute approximate surface area is 110 Å². The van der Waals surface area contributed by atoms with Crippen molar-refractivity contribution < 1.29 is 0 Å². The Kier molecular flexibility index (Phi) is 3.57. The molecule has 4 heteroatoms. The molecule has 0 spiro atoms. The molecule has 100 valence electrons. The maximum Gasteiger partial charge on any atom is 0.132 e. The van der Waals surface area contributed by atoms with Crippen molar-refractivity contribution in [3.63, 3.8) is 0 Å². The molecule has 0 saturated carbocycles. The molecule has 0 amide bonds. The Hall–Kier alpha value is -1.16. The first-order chi connectivity index (χ1) is 8.42. The van der Waals surface area contributed by atoms with Crippen molar-refractivity contribution in [3.05, 3.63) is 17.6 Å². The first-order valence-electron chi connectivity index (χ1n) is 6.77. The molecule has 2 heterocycles. The monoisotopic (exact) mass is 248 g/mol. The van der Waals surface area contributed by atoms with Gasteiger partial charge in [-0.25, -0.2) is 9.97 Å². The summed E-state index contributed by atoms with van der Waals surface area (Å²) in [6, 6.07) is 2.39. The van der Waals surface area contributed by atoms with Crippen LogP contribution in [0.25, 0.3) is 0 Å². The summed E-state index contributed by atoms with van der Waals surface area (Å²) in [5.41, 5.74) is 7.44. The second kappa shape index (κ2) is 4.84. The number of aromatic nitrogens is 2. The lowest BCUT2D eigenvalue weighted by molar-refractivity contribution is 0.244. The van der Waals surface area contributed by atoms with Gasteiger partial charge in [0.1, 0.15) is 11.6 Å². The number of nitrogens with zero attached hydrogens (tertiary/aromatic N) is 3. The van der Waals surface area contributed by atoms with Crippen molar-refractivity contribution in [1.82, 2.24) is 9.97 Å². The normalized spacial score (nSPS) is 23.2. The van der Waals surface area contributed by atoms with Crippen molar-refractivity contribution in [2.45, 2.75) is 46.6 Å². The van der Waals surface area contributed by atoms with Gasteiger partial charge in [0.05, 0.1) is 0 Å². The molecule has 1 aromatic rings. The summed E-state index contributed by atoms with van der Waals surface area (Å²) < 4.78 is 0. The Morgan fingerprint density at radius 3 is 2.78 bits per heavy atom. The van der Waals surface area contributed by atoms with Gasteiger partial charge in [0.15, 0.2) is 0 Å². The van der Waals surface area contributed by atoms with E-state index in [-0.39, 0.29) is 11.5 Å². The molecule has 0 bridgehead atoms. The molecule has 0 aromatic carbocycles. The van der Waals surface area contributed by atoms with Gasteiger partial charge in [0, 0.05) is 30.9 Å². The number of hydrogen-bond donors (Lipinski definition) is 1. The molecule has 1 aliphatic heterocycles. The Bertz CT molecular complexity index is 428. The van der Waals surface area contributed by atoms with Gasteiger partial charge in [-0.3, -0.25) is 0 Å². The Balaban J connectivity index is 2.24. The van der Waals surface area contributed by atoms with E-state index in [2.05, 4.69) is 41.7 Å². The molecular formula is C14H24N4. The molecule has 2 rings (SSSR count). The number of nitrogens with two attached hydrogens (primary N) is 1. The fraction of sp³-hybridized carbons (Fsp3) is 0.714. The zero-order valence-corrected chi connectivity index (χ0v) is 11.9. The van der Waals surface area contributed by atoms with Crippen LogP contribution >= 0.6 is 0 Å². The maximum atomic E-state index is 6.18. The van der Waals surface area contributed by atoms with Crippen LogP contribution in [0.3, 0.4) is 0 Å². The average molecular weight is 248 g/mol. The molecule has 18 heavy (non-hydrogen) atoms. The minimum atomic E-state index is 0.142. The molecular weight excluding hydrogens is 224 g/mol. The lowest BCUT2D eigenvalue weighted by atomic mass is 9.80. The van der Waals surface area contributed by atoms with Crippen LogP contribution in [-0.4, -0.2) is 29.1 Å². The number of rotatable bonds is 2. The Morgan fingerprint density at radius 1 is 1.44 bits per heavy atom. The molecule has 1 atom stereocenters. The average Bonchev–Trinajstić information content (AvgIpc) is 2.31. The Morgan fingerprint density at radius 2 is 2.17 bits per heavy atom. The van der Waals surface area contributed by atoms with Crippen LogP contribution in [-0.2, 0) is 6.42 Å². The van der Waals surface area contributed by atoms with E-state index in [1.54, 1.807) is 0 Å². The van der Waals surface area contributed by atoms with Crippen LogP contribution in [0.4, 0.5) is 5.82 Å². The van der Waals surface area contributed by atoms with Crippen LogP contribution in [0.15, 0.2) is 6.07 Å². The summed E-state index contributed by atoms with van der Waals surface area (Å²) in [6.45, 7) is 10.5. The zero-order valence-electron chi connectivity index (χ0n) is 11.9.